The molecule has 2 N–H and O–H groups in total. The first-order valence-corrected chi connectivity index (χ1v) is 8.39. The number of nitrogens with zero attached hydrogens (tertiary/aromatic N) is 1. The lowest BCUT2D eigenvalue weighted by molar-refractivity contribution is 0.415. The molecule has 2 aromatic rings. The van der Waals surface area contributed by atoms with Crippen LogP contribution in [0.4, 0.5) is 5.82 Å². The Bertz CT molecular complexity index is 693. The highest BCUT2D eigenvalue weighted by atomic mass is 32.1. The highest BCUT2D eigenvalue weighted by Gasteiger charge is 2.14. The van der Waals surface area contributed by atoms with Crippen LogP contribution in [0.1, 0.15) is 44.9 Å². The van der Waals surface area contributed by atoms with Gasteiger partial charge in [0, 0.05) is 6.20 Å². The Hall–Kier alpha value is -2.14. The van der Waals surface area contributed by atoms with Crippen LogP contribution >= 0.6 is 12.2 Å². The molecule has 0 radical (unpaired) electrons. The van der Waals surface area contributed by atoms with Crippen LogP contribution in [0.5, 0.6) is 5.75 Å². The van der Waals surface area contributed by atoms with Crippen LogP contribution in [0.3, 0.4) is 0 Å². The molecule has 0 aliphatic carbocycles. The van der Waals surface area contributed by atoms with E-state index in [2.05, 4.69) is 67.6 Å². The van der Waals surface area contributed by atoms with Gasteiger partial charge in [0.25, 0.3) is 0 Å². The Kier molecular flexibility index (Phi) is 5.78. The first-order valence-electron chi connectivity index (χ1n) is 7.98. The van der Waals surface area contributed by atoms with Crippen LogP contribution in [0, 0.1) is 0 Å². The standard InChI is InChI=1S/C19H25N3OS/c1-13(14-8-10-15(11-9-14)19(2,3)4)21-18(24)22-17-16(23-5)7-6-12-20-17/h6-13H,1-5H3,(H2,20,21,22,24)/t13-/m0/s1. The summed E-state index contributed by atoms with van der Waals surface area (Å²) in [6.45, 7) is 8.71. The number of pyridine rings is 1. The van der Waals surface area contributed by atoms with E-state index in [-0.39, 0.29) is 11.5 Å². The minimum Gasteiger partial charge on any atom is -0.493 e. The van der Waals surface area contributed by atoms with E-state index < -0.39 is 0 Å². The molecule has 0 bridgehead atoms. The number of nitrogens with one attached hydrogen (secondary N) is 2. The number of hydrogen-bond donors (Lipinski definition) is 2. The minimum absolute atomic E-state index is 0.0914. The zero-order chi connectivity index (χ0) is 17.7. The van der Waals surface area contributed by atoms with E-state index in [1.807, 2.05) is 12.1 Å². The van der Waals surface area contributed by atoms with Crippen molar-refractivity contribution in [2.24, 2.45) is 0 Å². The maximum Gasteiger partial charge on any atom is 0.174 e. The largest absolute Gasteiger partial charge is 0.493 e. The van der Waals surface area contributed by atoms with Gasteiger partial charge in [0.2, 0.25) is 0 Å². The molecule has 0 aliphatic heterocycles. The molecule has 0 saturated carbocycles. The quantitative estimate of drug-likeness (QED) is 0.804. The average molecular weight is 343 g/mol. The van der Waals surface area contributed by atoms with Crippen molar-refractivity contribution in [1.29, 1.82) is 0 Å². The molecule has 1 atom stereocenters. The third-order valence-corrected chi connectivity index (χ3v) is 4.07. The van der Waals surface area contributed by atoms with Crippen molar-refractivity contribution in [3.05, 3.63) is 53.7 Å². The van der Waals surface area contributed by atoms with Crippen molar-refractivity contribution < 1.29 is 4.74 Å². The predicted octanol–water partition coefficient (Wildman–Crippen LogP) is 4.44. The Labute approximate surface area is 149 Å². The Morgan fingerprint density at radius 3 is 2.42 bits per heavy atom. The monoisotopic (exact) mass is 343 g/mol. The van der Waals surface area contributed by atoms with Gasteiger partial charge in [-0.1, -0.05) is 45.0 Å². The summed E-state index contributed by atoms with van der Waals surface area (Å²) >= 11 is 5.39. The smallest absolute Gasteiger partial charge is 0.174 e. The van der Waals surface area contributed by atoms with E-state index >= 15 is 0 Å². The third-order valence-electron chi connectivity index (χ3n) is 3.85. The number of hydrogen-bond acceptors (Lipinski definition) is 3. The summed E-state index contributed by atoms with van der Waals surface area (Å²) in [6.07, 6.45) is 1.70. The average Bonchev–Trinajstić information content (AvgIpc) is 2.54. The molecule has 1 aromatic heterocycles. The van der Waals surface area contributed by atoms with Crippen LogP contribution in [-0.4, -0.2) is 17.2 Å². The fourth-order valence-electron chi connectivity index (χ4n) is 2.34. The van der Waals surface area contributed by atoms with Crippen LogP contribution in [0.25, 0.3) is 0 Å². The van der Waals surface area contributed by atoms with Crippen molar-refractivity contribution in [1.82, 2.24) is 10.3 Å². The summed E-state index contributed by atoms with van der Waals surface area (Å²) in [5.74, 6) is 1.26. The zero-order valence-corrected chi connectivity index (χ0v) is 15.7. The first-order chi connectivity index (χ1) is 11.3. The number of rotatable bonds is 4. The summed E-state index contributed by atoms with van der Waals surface area (Å²) in [6, 6.07) is 12.4. The topological polar surface area (TPSA) is 46.2 Å². The van der Waals surface area contributed by atoms with Crippen molar-refractivity contribution in [3.8, 4) is 5.75 Å². The van der Waals surface area contributed by atoms with Crippen LogP contribution in [-0.2, 0) is 5.41 Å². The summed E-state index contributed by atoms with van der Waals surface area (Å²) in [5, 5.41) is 6.87. The predicted molar refractivity (Wildman–Crippen MR) is 104 cm³/mol. The van der Waals surface area contributed by atoms with E-state index in [4.69, 9.17) is 17.0 Å². The van der Waals surface area contributed by atoms with Gasteiger partial charge in [-0.15, -0.1) is 0 Å². The fraction of sp³-hybridized carbons (Fsp3) is 0.368. The second-order valence-electron chi connectivity index (χ2n) is 6.75. The van der Waals surface area contributed by atoms with Crippen molar-refractivity contribution in [2.75, 3.05) is 12.4 Å². The molecular formula is C19H25N3OS. The normalized spacial score (nSPS) is 12.4. The molecule has 1 heterocycles. The van der Waals surface area contributed by atoms with Gasteiger partial charge < -0.3 is 15.4 Å². The van der Waals surface area contributed by atoms with Crippen molar-refractivity contribution >= 4 is 23.1 Å². The molecule has 24 heavy (non-hydrogen) atoms. The lowest BCUT2D eigenvalue weighted by Gasteiger charge is -2.21. The number of anilines is 1. The second kappa shape index (κ2) is 7.62. The molecule has 0 amide bonds. The lowest BCUT2D eigenvalue weighted by Crippen LogP contribution is -2.31. The molecule has 0 fully saturated rings. The van der Waals surface area contributed by atoms with Gasteiger partial charge in [0.15, 0.2) is 16.7 Å². The number of thiocarbonyl (C=S) groups is 1. The van der Waals surface area contributed by atoms with E-state index in [0.717, 1.165) is 0 Å². The van der Waals surface area contributed by atoms with Crippen LogP contribution in [0.2, 0.25) is 0 Å². The maximum absolute atomic E-state index is 5.39. The summed E-state index contributed by atoms with van der Waals surface area (Å²) in [5.41, 5.74) is 2.65. The number of ether oxygens (including phenoxy) is 1. The summed E-state index contributed by atoms with van der Waals surface area (Å²) in [7, 11) is 1.61. The number of aromatic nitrogens is 1. The zero-order valence-electron chi connectivity index (χ0n) is 14.9. The summed E-state index contributed by atoms with van der Waals surface area (Å²) in [4.78, 5) is 4.24. The van der Waals surface area contributed by atoms with Gasteiger partial charge in [-0.25, -0.2) is 4.98 Å². The number of methoxy groups -OCH3 is 1. The van der Waals surface area contributed by atoms with Crippen LogP contribution < -0.4 is 15.4 Å². The molecule has 5 heteroatoms. The summed E-state index contributed by atoms with van der Waals surface area (Å²) < 4.78 is 5.27. The molecule has 0 aliphatic rings. The maximum atomic E-state index is 5.39. The van der Waals surface area contributed by atoms with Gasteiger partial charge in [0.05, 0.1) is 13.2 Å². The third kappa shape index (κ3) is 4.68. The van der Waals surface area contributed by atoms with Gasteiger partial charge in [-0.2, -0.15) is 0 Å². The first kappa shape index (κ1) is 18.2. The fourth-order valence-corrected chi connectivity index (χ4v) is 2.62. The van der Waals surface area contributed by atoms with Gasteiger partial charge in [-0.05, 0) is 47.8 Å². The Morgan fingerprint density at radius 2 is 1.83 bits per heavy atom. The van der Waals surface area contributed by atoms with Crippen LogP contribution in [0.15, 0.2) is 42.6 Å². The van der Waals surface area contributed by atoms with Gasteiger partial charge >= 0.3 is 0 Å². The van der Waals surface area contributed by atoms with Gasteiger partial charge in [-0.3, -0.25) is 0 Å². The lowest BCUT2D eigenvalue weighted by atomic mass is 9.86. The molecule has 4 nitrogen and oxygen atoms in total. The van der Waals surface area contributed by atoms with E-state index in [9.17, 15) is 0 Å². The highest BCUT2D eigenvalue weighted by Crippen LogP contribution is 2.24. The van der Waals surface area contributed by atoms with Crippen molar-refractivity contribution in [3.63, 3.8) is 0 Å². The van der Waals surface area contributed by atoms with Gasteiger partial charge in [0.1, 0.15) is 0 Å². The number of benzene rings is 1. The molecule has 1 aromatic carbocycles. The SMILES string of the molecule is COc1cccnc1NC(=S)N[C@@H](C)c1ccc(C(C)(C)C)cc1. The molecule has 2 rings (SSSR count). The van der Waals surface area contributed by atoms with Crippen molar-refractivity contribution in [2.45, 2.75) is 39.2 Å². The second-order valence-corrected chi connectivity index (χ2v) is 7.15. The molecule has 0 saturated heterocycles. The van der Waals surface area contributed by atoms with E-state index in [0.29, 0.717) is 16.7 Å². The van der Waals surface area contributed by atoms with E-state index in [1.54, 1.807) is 13.3 Å². The Balaban J connectivity index is 2.01. The Morgan fingerprint density at radius 1 is 1.17 bits per heavy atom. The molecule has 128 valence electrons. The van der Waals surface area contributed by atoms with E-state index in [1.165, 1.54) is 11.1 Å². The molecule has 0 spiro atoms. The molecular weight excluding hydrogens is 318 g/mol. The minimum atomic E-state index is 0.0914. The molecule has 0 unspecified atom stereocenters. The highest BCUT2D eigenvalue weighted by molar-refractivity contribution is 7.80.